The highest BCUT2D eigenvalue weighted by Gasteiger charge is 2.14. The first-order valence-corrected chi connectivity index (χ1v) is 4.87. The van der Waals surface area contributed by atoms with Gasteiger partial charge in [0.1, 0.15) is 0 Å². The van der Waals surface area contributed by atoms with Gasteiger partial charge in [0.25, 0.3) is 0 Å². The molecular formula is C11H24O. The molecule has 1 nitrogen and oxygen atoms in total. The predicted molar refractivity (Wildman–Crippen MR) is 54.3 cm³/mol. The summed E-state index contributed by atoms with van der Waals surface area (Å²) in [7, 11) is 0. The highest BCUT2D eigenvalue weighted by Crippen LogP contribution is 2.20. The summed E-state index contributed by atoms with van der Waals surface area (Å²) in [5.41, 5.74) is 0. The van der Waals surface area contributed by atoms with Crippen LogP contribution in [0.25, 0.3) is 0 Å². The van der Waals surface area contributed by atoms with Crippen LogP contribution in [0.3, 0.4) is 0 Å². The lowest BCUT2D eigenvalue weighted by molar-refractivity contribution is 0.183. The van der Waals surface area contributed by atoms with Crippen molar-refractivity contribution in [3.05, 3.63) is 0 Å². The molecule has 1 heterocycles. The van der Waals surface area contributed by atoms with E-state index in [2.05, 4.69) is 13.8 Å². The molecule has 0 bridgehead atoms. The molecular weight excluding hydrogens is 148 g/mol. The second kappa shape index (κ2) is 6.47. The van der Waals surface area contributed by atoms with Crippen LogP contribution in [0.5, 0.6) is 0 Å². The van der Waals surface area contributed by atoms with Crippen LogP contribution < -0.4 is 0 Å². The molecule has 1 fully saturated rings. The lowest BCUT2D eigenvalue weighted by Gasteiger charge is -2.07. The zero-order valence-corrected chi connectivity index (χ0v) is 7.81. The number of hydrogen-bond donors (Lipinski definition) is 0. The number of rotatable bonds is 4. The highest BCUT2D eigenvalue weighted by atomic mass is 16.5. The van der Waals surface area contributed by atoms with Crippen LogP contribution in [0.1, 0.15) is 47.0 Å². The monoisotopic (exact) mass is 172 g/mol. The molecule has 0 saturated carbocycles. The van der Waals surface area contributed by atoms with Gasteiger partial charge in [0.15, 0.2) is 0 Å². The quantitative estimate of drug-likeness (QED) is 0.631. The fourth-order valence-electron chi connectivity index (χ4n) is 1.63. The van der Waals surface area contributed by atoms with E-state index in [0.717, 1.165) is 25.0 Å². The fraction of sp³-hybridized carbons (Fsp3) is 1.00. The van der Waals surface area contributed by atoms with Gasteiger partial charge in [-0.05, 0) is 24.7 Å². The van der Waals surface area contributed by atoms with Gasteiger partial charge in [0.2, 0.25) is 0 Å². The molecule has 1 unspecified atom stereocenters. The van der Waals surface area contributed by atoms with E-state index in [1.165, 1.54) is 25.7 Å². The van der Waals surface area contributed by atoms with Gasteiger partial charge in [0, 0.05) is 13.2 Å². The van der Waals surface area contributed by atoms with Crippen molar-refractivity contribution in [2.45, 2.75) is 47.0 Å². The largest absolute Gasteiger partial charge is 0.381 e. The zero-order valence-electron chi connectivity index (χ0n) is 7.81. The van der Waals surface area contributed by atoms with E-state index in [4.69, 9.17) is 4.74 Å². The summed E-state index contributed by atoms with van der Waals surface area (Å²) in [5, 5.41) is 0. The summed E-state index contributed by atoms with van der Waals surface area (Å²) in [6, 6.07) is 0. The lowest BCUT2D eigenvalue weighted by Crippen LogP contribution is -1.99. The maximum absolute atomic E-state index is 5.31. The van der Waals surface area contributed by atoms with Crippen LogP contribution in [0.4, 0.5) is 0 Å². The van der Waals surface area contributed by atoms with E-state index in [9.17, 15) is 0 Å². The van der Waals surface area contributed by atoms with Crippen molar-refractivity contribution in [3.63, 3.8) is 0 Å². The second-order valence-corrected chi connectivity index (χ2v) is 4.05. The Bertz CT molecular complexity index is 93.2. The molecule has 0 spiro atoms. The van der Waals surface area contributed by atoms with Crippen LogP contribution in [-0.2, 0) is 4.74 Å². The molecule has 0 N–H and O–H groups in total. The van der Waals surface area contributed by atoms with Crippen LogP contribution in [0.2, 0.25) is 0 Å². The third-order valence-corrected chi connectivity index (χ3v) is 2.42. The van der Waals surface area contributed by atoms with Gasteiger partial charge in [-0.25, -0.2) is 0 Å². The summed E-state index contributed by atoms with van der Waals surface area (Å²) in [4.78, 5) is 0. The van der Waals surface area contributed by atoms with Crippen molar-refractivity contribution >= 4 is 0 Å². The van der Waals surface area contributed by atoms with Crippen LogP contribution >= 0.6 is 0 Å². The minimum atomic E-state index is 0. The Balaban J connectivity index is 0.00000121. The molecule has 0 aromatic heterocycles. The molecule has 74 valence electrons. The van der Waals surface area contributed by atoms with Gasteiger partial charge in [-0.3, -0.25) is 0 Å². The van der Waals surface area contributed by atoms with Crippen molar-refractivity contribution in [2.24, 2.45) is 11.8 Å². The molecule has 1 saturated heterocycles. The first kappa shape index (κ1) is 12.0. The first-order chi connectivity index (χ1) is 5.29. The van der Waals surface area contributed by atoms with E-state index in [1.807, 2.05) is 0 Å². The molecule has 0 amide bonds. The standard InChI is InChI=1S/C10H20O.CH4/c1-9(2)4-3-5-10-6-7-11-8-10;/h9-10H,3-8H2,1-2H3;1H4. The zero-order chi connectivity index (χ0) is 8.10. The molecule has 1 atom stereocenters. The smallest absolute Gasteiger partial charge is 0.0495 e. The van der Waals surface area contributed by atoms with Gasteiger partial charge in [-0.1, -0.05) is 34.1 Å². The van der Waals surface area contributed by atoms with E-state index in [0.29, 0.717) is 0 Å². The van der Waals surface area contributed by atoms with E-state index in [1.54, 1.807) is 0 Å². The molecule has 1 heteroatoms. The number of hydrogen-bond acceptors (Lipinski definition) is 1. The molecule has 1 aliphatic heterocycles. The Morgan fingerprint density at radius 2 is 2.17 bits per heavy atom. The molecule has 0 aliphatic carbocycles. The van der Waals surface area contributed by atoms with Crippen LogP contribution in [-0.4, -0.2) is 13.2 Å². The SMILES string of the molecule is C.CC(C)CCCC1CCOC1. The van der Waals surface area contributed by atoms with Crippen molar-refractivity contribution in [3.8, 4) is 0 Å². The third-order valence-electron chi connectivity index (χ3n) is 2.42. The molecule has 0 radical (unpaired) electrons. The van der Waals surface area contributed by atoms with Crippen molar-refractivity contribution in [2.75, 3.05) is 13.2 Å². The Morgan fingerprint density at radius 3 is 2.67 bits per heavy atom. The maximum atomic E-state index is 5.31. The van der Waals surface area contributed by atoms with Gasteiger partial charge in [-0.2, -0.15) is 0 Å². The summed E-state index contributed by atoms with van der Waals surface area (Å²) < 4.78 is 5.31. The van der Waals surface area contributed by atoms with Gasteiger partial charge in [0.05, 0.1) is 0 Å². The molecule has 12 heavy (non-hydrogen) atoms. The van der Waals surface area contributed by atoms with Gasteiger partial charge < -0.3 is 4.74 Å². The van der Waals surface area contributed by atoms with Crippen LogP contribution in [0.15, 0.2) is 0 Å². The van der Waals surface area contributed by atoms with Crippen molar-refractivity contribution < 1.29 is 4.74 Å². The highest BCUT2D eigenvalue weighted by molar-refractivity contribution is 4.64. The summed E-state index contributed by atoms with van der Waals surface area (Å²) >= 11 is 0. The minimum absolute atomic E-state index is 0. The Morgan fingerprint density at radius 1 is 1.42 bits per heavy atom. The van der Waals surface area contributed by atoms with E-state index >= 15 is 0 Å². The average Bonchev–Trinajstić information content (AvgIpc) is 2.39. The first-order valence-electron chi connectivity index (χ1n) is 4.87. The summed E-state index contributed by atoms with van der Waals surface area (Å²) in [6.07, 6.45) is 5.47. The second-order valence-electron chi connectivity index (χ2n) is 4.05. The normalized spacial score (nSPS) is 22.8. The van der Waals surface area contributed by atoms with E-state index < -0.39 is 0 Å². The maximum Gasteiger partial charge on any atom is 0.0495 e. The predicted octanol–water partition coefficient (Wildman–Crippen LogP) is 3.49. The van der Waals surface area contributed by atoms with Crippen molar-refractivity contribution in [1.82, 2.24) is 0 Å². The van der Waals surface area contributed by atoms with Gasteiger partial charge in [-0.15, -0.1) is 0 Å². The van der Waals surface area contributed by atoms with Crippen molar-refractivity contribution in [1.29, 1.82) is 0 Å². The third kappa shape index (κ3) is 4.76. The van der Waals surface area contributed by atoms with Crippen LogP contribution in [0, 0.1) is 11.8 Å². The molecule has 0 aromatic carbocycles. The molecule has 0 aromatic rings. The minimum Gasteiger partial charge on any atom is -0.381 e. The summed E-state index contributed by atoms with van der Waals surface area (Å²) in [5.74, 6) is 1.76. The van der Waals surface area contributed by atoms with Gasteiger partial charge >= 0.3 is 0 Å². The topological polar surface area (TPSA) is 9.23 Å². The summed E-state index contributed by atoms with van der Waals surface area (Å²) in [6.45, 7) is 6.63. The average molecular weight is 172 g/mol. The lowest BCUT2D eigenvalue weighted by atomic mass is 9.98. The fourth-order valence-corrected chi connectivity index (χ4v) is 1.63. The van der Waals surface area contributed by atoms with E-state index in [-0.39, 0.29) is 7.43 Å². The number of ether oxygens (including phenoxy) is 1. The molecule has 1 rings (SSSR count). The Labute approximate surface area is 77.5 Å². The Hall–Kier alpha value is -0.0400. The molecule has 1 aliphatic rings. The Kier molecular flexibility index (Phi) is 6.45.